The van der Waals surface area contributed by atoms with Crippen molar-refractivity contribution in [2.75, 3.05) is 5.73 Å². The van der Waals surface area contributed by atoms with Crippen molar-refractivity contribution in [3.05, 3.63) is 78.4 Å². The van der Waals surface area contributed by atoms with Crippen LogP contribution in [-0.2, 0) is 16.5 Å². The van der Waals surface area contributed by atoms with Gasteiger partial charge in [0.05, 0.1) is 11.8 Å². The van der Waals surface area contributed by atoms with E-state index in [1.54, 1.807) is 48.7 Å². The molecule has 34 heavy (non-hydrogen) atoms. The van der Waals surface area contributed by atoms with E-state index >= 15 is 0 Å². The van der Waals surface area contributed by atoms with Crippen LogP contribution in [0.2, 0.25) is 0 Å². The van der Waals surface area contributed by atoms with Crippen LogP contribution in [0.25, 0.3) is 22.0 Å². The number of fused-ring (bicyclic) bond motifs is 1. The molecule has 4 rings (SSSR count). The summed E-state index contributed by atoms with van der Waals surface area (Å²) in [6, 6.07) is 14.1. The highest BCUT2D eigenvalue weighted by atomic mass is 32.2. The summed E-state index contributed by atoms with van der Waals surface area (Å²) in [4.78, 5) is 24.4. The number of nitrogen functional groups attached to an aromatic ring is 1. The monoisotopic (exact) mass is 488 g/mol. The van der Waals surface area contributed by atoms with Crippen molar-refractivity contribution < 1.29 is 30.6 Å². The zero-order chi connectivity index (χ0) is 24.5. The second kappa shape index (κ2) is 8.71. The number of anilines is 1. The van der Waals surface area contributed by atoms with Crippen LogP contribution in [0.5, 0.6) is 5.75 Å². The summed E-state index contributed by atoms with van der Waals surface area (Å²) in [7, 11) is -5.92. The first-order valence-corrected chi connectivity index (χ1v) is 11.0. The van der Waals surface area contributed by atoms with Crippen LogP contribution in [0.15, 0.2) is 67.1 Å². The van der Waals surface area contributed by atoms with Crippen molar-refractivity contribution in [3.8, 4) is 16.9 Å². The number of Topliss-reactive ketones (excluding diaryl/α,β-unsaturated/α-hetero) is 1. The summed E-state index contributed by atoms with van der Waals surface area (Å²) in [5, 5.41) is 0.102. The van der Waals surface area contributed by atoms with Crippen LogP contribution in [0.3, 0.4) is 0 Å². The highest BCUT2D eigenvalue weighted by Crippen LogP contribution is 2.38. The fourth-order valence-electron chi connectivity index (χ4n) is 3.25. The summed E-state index contributed by atoms with van der Waals surface area (Å²) in [5.41, 5.74) is 2.12. The Hall–Kier alpha value is -4.06. The Balaban J connectivity index is 1.71. The van der Waals surface area contributed by atoms with Gasteiger partial charge in [-0.05, 0) is 35.4 Å². The van der Waals surface area contributed by atoms with Gasteiger partial charge in [-0.3, -0.25) is 9.78 Å². The maximum Gasteiger partial charge on any atom is 0.534 e. The quantitative estimate of drug-likeness (QED) is 0.246. The molecule has 0 unspecified atom stereocenters. The number of ketones is 1. The molecule has 2 aromatic heterocycles. The molecule has 4 aromatic rings. The molecule has 12 heteroatoms. The molecule has 2 aromatic carbocycles. The molecule has 0 aliphatic rings. The highest BCUT2D eigenvalue weighted by Gasteiger charge is 2.48. The summed E-state index contributed by atoms with van der Waals surface area (Å²) >= 11 is 0. The molecule has 0 bridgehead atoms. The smallest absolute Gasteiger partial charge is 0.383 e. The molecule has 0 saturated carbocycles. The van der Waals surface area contributed by atoms with Crippen LogP contribution in [0, 0.1) is 0 Å². The van der Waals surface area contributed by atoms with Crippen molar-refractivity contribution in [3.63, 3.8) is 0 Å². The largest absolute Gasteiger partial charge is 0.534 e. The van der Waals surface area contributed by atoms with E-state index in [0.29, 0.717) is 22.4 Å². The fraction of sp³-hybridized carbons (Fsp3) is 0.0909. The molecule has 0 spiro atoms. The molecular formula is C22H15F3N4O4S. The van der Waals surface area contributed by atoms with Gasteiger partial charge in [0.1, 0.15) is 17.7 Å². The minimum atomic E-state index is -5.92. The molecule has 0 fully saturated rings. The van der Waals surface area contributed by atoms with E-state index in [1.807, 2.05) is 0 Å². The second-order valence-electron chi connectivity index (χ2n) is 7.08. The third-order valence-corrected chi connectivity index (χ3v) is 5.82. The molecule has 2 N–H and O–H groups in total. The molecule has 0 saturated heterocycles. The standard InChI is InChI=1S/C22H15F3N4O4S/c23-22(24,25)34(31,32)33-18-9-8-16(19-20(18)28-12-29-21(19)26)13-4-6-14(7-5-13)17(30)11-15-3-1-2-10-27-15/h1-10,12H,11H2,(H2,26,28,29). The van der Waals surface area contributed by atoms with Crippen molar-refractivity contribution >= 4 is 32.6 Å². The van der Waals surface area contributed by atoms with Crippen molar-refractivity contribution in [2.24, 2.45) is 0 Å². The Morgan fingerprint density at radius 1 is 0.971 bits per heavy atom. The lowest BCUT2D eigenvalue weighted by Crippen LogP contribution is -2.28. The van der Waals surface area contributed by atoms with E-state index in [1.165, 1.54) is 6.07 Å². The van der Waals surface area contributed by atoms with E-state index in [2.05, 4.69) is 19.1 Å². The lowest BCUT2D eigenvalue weighted by Gasteiger charge is -2.14. The molecule has 0 atom stereocenters. The molecule has 8 nitrogen and oxygen atoms in total. The first kappa shape index (κ1) is 23.1. The van der Waals surface area contributed by atoms with Gasteiger partial charge in [-0.25, -0.2) is 9.97 Å². The number of nitrogens with two attached hydrogens (primary N) is 1. The number of pyridine rings is 1. The Morgan fingerprint density at radius 3 is 2.35 bits per heavy atom. The van der Waals surface area contributed by atoms with E-state index < -0.39 is 21.4 Å². The van der Waals surface area contributed by atoms with Gasteiger partial charge in [-0.2, -0.15) is 21.6 Å². The minimum absolute atomic E-state index is 0.0924. The van der Waals surface area contributed by atoms with E-state index in [-0.39, 0.29) is 28.9 Å². The summed E-state index contributed by atoms with van der Waals surface area (Å²) in [5.74, 6) is -0.892. The molecule has 0 amide bonds. The van der Waals surface area contributed by atoms with Crippen LogP contribution in [0.1, 0.15) is 16.1 Å². The molecular weight excluding hydrogens is 473 g/mol. The van der Waals surface area contributed by atoms with Gasteiger partial charge in [-0.15, -0.1) is 0 Å². The highest BCUT2D eigenvalue weighted by molar-refractivity contribution is 7.88. The van der Waals surface area contributed by atoms with Crippen molar-refractivity contribution in [1.82, 2.24) is 15.0 Å². The Bertz CT molecular complexity index is 1480. The fourth-order valence-corrected chi connectivity index (χ4v) is 3.72. The average Bonchev–Trinajstić information content (AvgIpc) is 2.79. The number of carbonyl (C=O) groups is 1. The van der Waals surface area contributed by atoms with Crippen molar-refractivity contribution in [2.45, 2.75) is 11.9 Å². The van der Waals surface area contributed by atoms with E-state index in [9.17, 15) is 26.4 Å². The summed E-state index contributed by atoms with van der Waals surface area (Å²) in [6.07, 6.45) is 2.69. The second-order valence-corrected chi connectivity index (χ2v) is 8.61. The summed E-state index contributed by atoms with van der Waals surface area (Å²) < 4.78 is 65.6. The van der Waals surface area contributed by atoms with Crippen LogP contribution in [0.4, 0.5) is 19.0 Å². The Labute approximate surface area is 191 Å². The molecule has 174 valence electrons. The number of aromatic nitrogens is 3. The number of hydrogen-bond donors (Lipinski definition) is 1. The average molecular weight is 488 g/mol. The number of carbonyl (C=O) groups excluding carboxylic acids is 1. The number of benzene rings is 2. The van der Waals surface area contributed by atoms with Crippen molar-refractivity contribution in [1.29, 1.82) is 0 Å². The maximum atomic E-state index is 12.8. The lowest BCUT2D eigenvalue weighted by atomic mass is 9.97. The van der Waals surface area contributed by atoms with Crippen LogP contribution >= 0.6 is 0 Å². The summed E-state index contributed by atoms with van der Waals surface area (Å²) in [6.45, 7) is 0. The first-order chi connectivity index (χ1) is 16.1. The van der Waals surface area contributed by atoms with Gasteiger partial charge in [0.2, 0.25) is 0 Å². The normalized spacial score (nSPS) is 12.0. The number of nitrogens with zero attached hydrogens (tertiary/aromatic N) is 3. The molecule has 2 heterocycles. The minimum Gasteiger partial charge on any atom is -0.383 e. The number of rotatable bonds is 6. The Kier molecular flexibility index (Phi) is 5.92. The van der Waals surface area contributed by atoms with Crippen LogP contribution in [-0.4, -0.2) is 34.7 Å². The van der Waals surface area contributed by atoms with Gasteiger partial charge < -0.3 is 9.92 Å². The lowest BCUT2D eigenvalue weighted by molar-refractivity contribution is -0.0499. The molecule has 0 aliphatic carbocycles. The van der Waals surface area contributed by atoms with Gasteiger partial charge in [0, 0.05) is 17.5 Å². The number of hydrogen-bond acceptors (Lipinski definition) is 8. The number of halogens is 3. The predicted molar refractivity (Wildman–Crippen MR) is 117 cm³/mol. The third kappa shape index (κ3) is 4.53. The van der Waals surface area contributed by atoms with Gasteiger partial charge >= 0.3 is 15.6 Å². The van der Waals surface area contributed by atoms with E-state index in [4.69, 9.17) is 5.73 Å². The van der Waals surface area contributed by atoms with Crippen LogP contribution < -0.4 is 9.92 Å². The molecule has 0 radical (unpaired) electrons. The maximum absolute atomic E-state index is 12.8. The first-order valence-electron chi connectivity index (χ1n) is 9.64. The zero-order valence-corrected chi connectivity index (χ0v) is 18.0. The number of alkyl halides is 3. The van der Waals surface area contributed by atoms with Gasteiger partial charge in [-0.1, -0.05) is 30.3 Å². The van der Waals surface area contributed by atoms with E-state index in [0.717, 1.165) is 12.4 Å². The SMILES string of the molecule is Nc1ncnc2c(OS(=O)(=O)C(F)(F)F)ccc(-c3ccc(C(=O)Cc4ccccn4)cc3)c12. The Morgan fingerprint density at radius 2 is 1.71 bits per heavy atom. The topological polar surface area (TPSA) is 125 Å². The molecule has 0 aliphatic heterocycles. The third-order valence-electron chi connectivity index (χ3n) is 4.85. The zero-order valence-electron chi connectivity index (χ0n) is 17.2. The van der Waals surface area contributed by atoms with Gasteiger partial charge in [0.15, 0.2) is 11.5 Å². The van der Waals surface area contributed by atoms with Gasteiger partial charge in [0.25, 0.3) is 0 Å². The predicted octanol–water partition coefficient (Wildman–Crippen LogP) is 3.93.